The molecule has 8 heteroatoms. The van der Waals surface area contributed by atoms with E-state index in [0.717, 1.165) is 79.6 Å². The molecular weight excluding hydrogens is 550 g/mol. The highest BCUT2D eigenvalue weighted by atomic mass is 16.2. The summed E-state index contributed by atoms with van der Waals surface area (Å²) in [5, 5.41) is 15.7. The molecule has 8 nitrogen and oxygen atoms in total. The number of ketones is 1. The maximum Gasteiger partial charge on any atom is 0.272 e. The van der Waals surface area contributed by atoms with Gasteiger partial charge in [-0.15, -0.1) is 0 Å². The number of benzene rings is 3. The molecule has 3 aromatic carbocycles. The van der Waals surface area contributed by atoms with Gasteiger partial charge in [0.25, 0.3) is 11.5 Å². The van der Waals surface area contributed by atoms with Gasteiger partial charge in [-0.2, -0.15) is 5.10 Å². The number of carbonyl (C=O) groups excluding carboxylic acids is 2. The Morgan fingerprint density at radius 1 is 0.932 bits per heavy atom. The summed E-state index contributed by atoms with van der Waals surface area (Å²) in [7, 11) is 1.94. The number of aromatic nitrogens is 2. The Labute approximate surface area is 257 Å². The second-order valence-corrected chi connectivity index (χ2v) is 12.7. The van der Waals surface area contributed by atoms with Gasteiger partial charge < -0.3 is 15.5 Å². The number of anilines is 1. The van der Waals surface area contributed by atoms with Crippen LogP contribution < -0.4 is 16.2 Å². The summed E-state index contributed by atoms with van der Waals surface area (Å²) in [6, 6.07) is 22.1. The van der Waals surface area contributed by atoms with Crippen LogP contribution in [0.15, 0.2) is 71.5 Å². The number of H-pyrrole nitrogens is 1. The van der Waals surface area contributed by atoms with E-state index in [1.807, 2.05) is 54.4 Å². The average molecular weight is 590 g/mol. The first-order valence-corrected chi connectivity index (χ1v) is 15.9. The summed E-state index contributed by atoms with van der Waals surface area (Å²) in [5.74, 6) is 1.17. The minimum Gasteiger partial charge on any atom is -0.377 e. The van der Waals surface area contributed by atoms with E-state index in [1.165, 1.54) is 5.56 Å². The maximum absolute atomic E-state index is 13.5. The molecule has 0 spiro atoms. The van der Waals surface area contributed by atoms with Crippen molar-refractivity contribution in [3.63, 3.8) is 0 Å². The van der Waals surface area contributed by atoms with Crippen LogP contribution >= 0.6 is 0 Å². The van der Waals surface area contributed by atoms with Gasteiger partial charge >= 0.3 is 0 Å². The van der Waals surface area contributed by atoms with Crippen molar-refractivity contribution in [2.45, 2.75) is 57.0 Å². The standard InChI is InChI=1S/C36H39N5O3/c1-37-21-23-5-8-26(9-6-23)33-31(34-32-28(35(43)40-39-34)3-2-4-29(32)38-33)25-12-14-27(15-13-25)36(44)41-19-17-22(18-20-41)7-16-30(42)24-10-11-24/h2-6,8-9,12-15,22,24,31,33,37-38H,7,10-11,16-21H2,1H3,(H,40,43). The monoisotopic (exact) mass is 589 g/mol. The van der Waals surface area contributed by atoms with Crippen LogP contribution in [0.1, 0.15) is 83.2 Å². The van der Waals surface area contributed by atoms with Crippen LogP contribution in [-0.2, 0) is 11.3 Å². The quantitative estimate of drug-likeness (QED) is 0.236. The van der Waals surface area contributed by atoms with Crippen LogP contribution in [0.2, 0.25) is 0 Å². The number of carbonyl (C=O) groups is 2. The summed E-state index contributed by atoms with van der Waals surface area (Å²) >= 11 is 0. The molecule has 226 valence electrons. The van der Waals surface area contributed by atoms with Gasteiger partial charge in [-0.3, -0.25) is 14.4 Å². The summed E-state index contributed by atoms with van der Waals surface area (Å²) in [5.41, 5.74) is 5.52. The largest absolute Gasteiger partial charge is 0.377 e. The van der Waals surface area contributed by atoms with E-state index < -0.39 is 0 Å². The predicted octanol–water partition coefficient (Wildman–Crippen LogP) is 5.55. The summed E-state index contributed by atoms with van der Waals surface area (Å²) in [4.78, 5) is 40.3. The van der Waals surface area contributed by atoms with E-state index in [9.17, 15) is 14.4 Å². The molecule has 7 rings (SSSR count). The van der Waals surface area contributed by atoms with Crippen molar-refractivity contribution in [3.05, 3.63) is 105 Å². The Kier molecular flexibility index (Phi) is 7.77. The lowest BCUT2D eigenvalue weighted by Crippen LogP contribution is -2.38. The first-order valence-electron chi connectivity index (χ1n) is 15.9. The molecular formula is C36H39N5O3. The second kappa shape index (κ2) is 12.0. The lowest BCUT2D eigenvalue weighted by atomic mass is 9.79. The third-order valence-electron chi connectivity index (χ3n) is 9.75. The normalized spacial score (nSPS) is 20.0. The van der Waals surface area contributed by atoms with Crippen molar-refractivity contribution in [1.82, 2.24) is 20.4 Å². The number of aromatic amines is 1. The molecule has 1 amide bonds. The number of amides is 1. The number of hydrogen-bond acceptors (Lipinski definition) is 6. The van der Waals surface area contributed by atoms with Gasteiger partial charge in [-0.05, 0) is 86.0 Å². The zero-order chi connectivity index (χ0) is 30.2. The van der Waals surface area contributed by atoms with Gasteiger partial charge in [-0.25, -0.2) is 5.10 Å². The second-order valence-electron chi connectivity index (χ2n) is 12.7. The van der Waals surface area contributed by atoms with Crippen LogP contribution in [0.4, 0.5) is 5.69 Å². The fourth-order valence-electron chi connectivity index (χ4n) is 7.07. The van der Waals surface area contributed by atoms with Crippen molar-refractivity contribution in [1.29, 1.82) is 0 Å². The number of hydrogen-bond donors (Lipinski definition) is 3. The molecule has 3 N–H and O–H groups in total. The van der Waals surface area contributed by atoms with E-state index in [2.05, 4.69) is 45.1 Å². The molecule has 1 aromatic heterocycles. The molecule has 2 atom stereocenters. The fraction of sp³-hybridized carbons (Fsp3) is 0.389. The van der Waals surface area contributed by atoms with Gasteiger partial charge in [0, 0.05) is 48.6 Å². The van der Waals surface area contributed by atoms with E-state index in [4.69, 9.17) is 0 Å². The Morgan fingerprint density at radius 2 is 1.66 bits per heavy atom. The van der Waals surface area contributed by atoms with Gasteiger partial charge in [0.2, 0.25) is 0 Å². The van der Waals surface area contributed by atoms with Crippen molar-refractivity contribution < 1.29 is 9.59 Å². The third kappa shape index (κ3) is 5.54. The third-order valence-corrected chi connectivity index (χ3v) is 9.75. The van der Waals surface area contributed by atoms with Gasteiger partial charge in [0.1, 0.15) is 5.78 Å². The molecule has 2 unspecified atom stereocenters. The zero-order valence-corrected chi connectivity index (χ0v) is 25.1. The molecule has 3 heterocycles. The Bertz CT molecular complexity index is 1730. The van der Waals surface area contributed by atoms with Crippen molar-refractivity contribution >= 4 is 28.2 Å². The summed E-state index contributed by atoms with van der Waals surface area (Å²) in [6.45, 7) is 2.26. The van der Waals surface area contributed by atoms with Crippen LogP contribution in [0, 0.1) is 11.8 Å². The molecule has 1 saturated heterocycles. The molecule has 2 aliphatic heterocycles. The van der Waals surface area contributed by atoms with E-state index in [0.29, 0.717) is 35.0 Å². The molecule has 0 radical (unpaired) electrons. The van der Waals surface area contributed by atoms with E-state index >= 15 is 0 Å². The molecule has 1 aliphatic carbocycles. The highest BCUT2D eigenvalue weighted by molar-refractivity contribution is 5.97. The summed E-state index contributed by atoms with van der Waals surface area (Å²) < 4.78 is 0. The van der Waals surface area contributed by atoms with Crippen LogP contribution in [-0.4, -0.2) is 46.9 Å². The smallest absolute Gasteiger partial charge is 0.272 e. The molecule has 44 heavy (non-hydrogen) atoms. The molecule has 0 bridgehead atoms. The molecule has 1 saturated carbocycles. The number of piperidine rings is 1. The van der Waals surface area contributed by atoms with E-state index in [-0.39, 0.29) is 23.4 Å². The minimum absolute atomic E-state index is 0.0531. The SMILES string of the molecule is CNCc1ccc(C2Nc3cccc4c(=O)[nH]nc(c34)C2c2ccc(C(=O)N3CCC(CCC(=O)C4CC4)CC3)cc2)cc1. The minimum atomic E-state index is -0.208. The number of nitrogens with one attached hydrogen (secondary N) is 3. The summed E-state index contributed by atoms with van der Waals surface area (Å²) in [6.07, 6.45) is 5.71. The van der Waals surface area contributed by atoms with Crippen molar-refractivity contribution in [3.8, 4) is 0 Å². The number of rotatable bonds is 9. The fourth-order valence-corrected chi connectivity index (χ4v) is 7.07. The highest BCUT2D eigenvalue weighted by Gasteiger charge is 2.35. The van der Waals surface area contributed by atoms with Gasteiger partial charge in [0.05, 0.1) is 23.0 Å². The first kappa shape index (κ1) is 28.5. The van der Waals surface area contributed by atoms with Crippen LogP contribution in [0.5, 0.6) is 0 Å². The molecule has 2 fully saturated rings. The zero-order valence-electron chi connectivity index (χ0n) is 25.1. The van der Waals surface area contributed by atoms with Crippen molar-refractivity contribution in [2.24, 2.45) is 11.8 Å². The lowest BCUT2D eigenvalue weighted by Gasteiger charge is -2.35. The van der Waals surface area contributed by atoms with Crippen molar-refractivity contribution in [2.75, 3.05) is 25.5 Å². The topological polar surface area (TPSA) is 107 Å². The van der Waals surface area contributed by atoms with Gasteiger partial charge in [0.15, 0.2) is 0 Å². The molecule has 3 aliphatic rings. The van der Waals surface area contributed by atoms with Crippen LogP contribution in [0.3, 0.4) is 0 Å². The first-order chi connectivity index (χ1) is 21.5. The number of nitrogens with zero attached hydrogens (tertiary/aromatic N) is 2. The Balaban J connectivity index is 1.13. The number of likely N-dealkylation sites (tertiary alicyclic amines) is 1. The Morgan fingerprint density at radius 3 is 2.36 bits per heavy atom. The van der Waals surface area contributed by atoms with E-state index in [1.54, 1.807) is 0 Å². The van der Waals surface area contributed by atoms with Crippen LogP contribution in [0.25, 0.3) is 10.8 Å². The molecule has 4 aromatic rings. The maximum atomic E-state index is 13.5. The predicted molar refractivity (Wildman–Crippen MR) is 172 cm³/mol. The lowest BCUT2D eigenvalue weighted by molar-refractivity contribution is -0.120. The Hall–Kier alpha value is -4.30. The number of Topliss-reactive ketones (excluding diaryl/α,β-unsaturated/α-hetero) is 1. The van der Waals surface area contributed by atoms with Gasteiger partial charge in [-0.1, -0.05) is 42.5 Å². The highest BCUT2D eigenvalue weighted by Crippen LogP contribution is 2.46. The average Bonchev–Trinajstić information content (AvgIpc) is 3.92.